The fraction of sp³-hybridized carbons (Fsp3) is 0.583. The molecule has 2 rings (SSSR count). The van der Waals surface area contributed by atoms with E-state index in [2.05, 4.69) is 0 Å². The summed E-state index contributed by atoms with van der Waals surface area (Å²) in [4.78, 5) is 13.3. The van der Waals surface area contributed by atoms with E-state index in [0.717, 1.165) is 30.9 Å². The van der Waals surface area contributed by atoms with Gasteiger partial charge < -0.3 is 15.2 Å². The molecule has 5 heteroatoms. The standard InChI is InChI=1S/C12H17NO3S/c1-8-10(13)6-11(17-8)12(14)16-7-9-2-4-15-5-3-9/h6,9H,2-5,7,13H2,1H3. The quantitative estimate of drug-likeness (QED) is 0.841. The molecule has 2 heterocycles. The molecular weight excluding hydrogens is 238 g/mol. The zero-order valence-corrected chi connectivity index (χ0v) is 10.7. The summed E-state index contributed by atoms with van der Waals surface area (Å²) in [6.45, 7) is 3.93. The molecule has 0 amide bonds. The van der Waals surface area contributed by atoms with Crippen LogP contribution in [0.25, 0.3) is 0 Å². The Morgan fingerprint density at radius 2 is 2.29 bits per heavy atom. The maximum absolute atomic E-state index is 11.8. The highest BCUT2D eigenvalue weighted by Gasteiger charge is 2.18. The first-order valence-corrected chi connectivity index (χ1v) is 6.59. The normalized spacial score (nSPS) is 17.0. The molecule has 0 bridgehead atoms. The zero-order chi connectivity index (χ0) is 12.3. The lowest BCUT2D eigenvalue weighted by molar-refractivity contribution is 0.0189. The Balaban J connectivity index is 1.84. The minimum Gasteiger partial charge on any atom is -0.461 e. The summed E-state index contributed by atoms with van der Waals surface area (Å²) in [6, 6.07) is 1.69. The third kappa shape index (κ3) is 3.20. The van der Waals surface area contributed by atoms with Gasteiger partial charge in [-0.2, -0.15) is 0 Å². The molecule has 1 aliphatic heterocycles. The van der Waals surface area contributed by atoms with Gasteiger partial charge in [-0.1, -0.05) is 0 Å². The molecule has 0 aromatic carbocycles. The molecule has 0 atom stereocenters. The Labute approximate surface area is 105 Å². The van der Waals surface area contributed by atoms with E-state index < -0.39 is 0 Å². The lowest BCUT2D eigenvalue weighted by Gasteiger charge is -2.21. The molecule has 0 radical (unpaired) electrons. The number of rotatable bonds is 3. The Hall–Kier alpha value is -1.07. The van der Waals surface area contributed by atoms with Crippen LogP contribution in [0.3, 0.4) is 0 Å². The maximum atomic E-state index is 11.8. The number of hydrogen-bond donors (Lipinski definition) is 1. The SMILES string of the molecule is Cc1sc(C(=O)OCC2CCOCC2)cc1N. The van der Waals surface area contributed by atoms with Crippen LogP contribution >= 0.6 is 11.3 Å². The molecule has 4 nitrogen and oxygen atoms in total. The molecule has 2 N–H and O–H groups in total. The molecule has 0 aliphatic carbocycles. The third-order valence-corrected chi connectivity index (χ3v) is 3.99. The van der Waals surface area contributed by atoms with Crippen LogP contribution in [-0.2, 0) is 9.47 Å². The molecule has 1 aliphatic rings. The Morgan fingerprint density at radius 3 is 2.88 bits per heavy atom. The van der Waals surface area contributed by atoms with E-state index in [1.165, 1.54) is 11.3 Å². The number of esters is 1. The van der Waals surface area contributed by atoms with Gasteiger partial charge in [0.25, 0.3) is 0 Å². The molecule has 17 heavy (non-hydrogen) atoms. The van der Waals surface area contributed by atoms with Crippen LogP contribution in [0.2, 0.25) is 0 Å². The first-order chi connectivity index (χ1) is 8.16. The molecule has 0 unspecified atom stereocenters. The summed E-state index contributed by atoms with van der Waals surface area (Å²) < 4.78 is 10.6. The Morgan fingerprint density at radius 1 is 1.59 bits per heavy atom. The summed E-state index contributed by atoms with van der Waals surface area (Å²) in [5.74, 6) is 0.174. The summed E-state index contributed by atoms with van der Waals surface area (Å²) >= 11 is 1.38. The van der Waals surface area contributed by atoms with Crippen molar-refractivity contribution >= 4 is 23.0 Å². The van der Waals surface area contributed by atoms with Crippen molar-refractivity contribution in [3.05, 3.63) is 15.8 Å². The van der Waals surface area contributed by atoms with Crippen molar-refractivity contribution in [3.8, 4) is 0 Å². The maximum Gasteiger partial charge on any atom is 0.348 e. The molecule has 1 aromatic heterocycles. The van der Waals surface area contributed by atoms with Crippen molar-refractivity contribution in [1.82, 2.24) is 0 Å². The Bertz CT molecular complexity index is 377. The fourth-order valence-corrected chi connectivity index (χ4v) is 2.61. The number of carbonyl (C=O) groups excluding carboxylic acids is 1. The minimum atomic E-state index is -0.263. The minimum absolute atomic E-state index is 0.263. The molecule has 0 spiro atoms. The number of aryl methyl sites for hydroxylation is 1. The van der Waals surface area contributed by atoms with E-state index in [4.69, 9.17) is 15.2 Å². The predicted octanol–water partition coefficient (Wildman–Crippen LogP) is 2.22. The van der Waals surface area contributed by atoms with E-state index in [0.29, 0.717) is 23.1 Å². The van der Waals surface area contributed by atoms with Gasteiger partial charge in [0, 0.05) is 23.8 Å². The number of nitrogens with two attached hydrogens (primary N) is 1. The van der Waals surface area contributed by atoms with Gasteiger partial charge in [0.1, 0.15) is 4.88 Å². The second-order valence-corrected chi connectivity index (χ2v) is 5.53. The highest BCUT2D eigenvalue weighted by molar-refractivity contribution is 7.14. The molecule has 1 aromatic rings. The Kier molecular flexibility index (Phi) is 4.02. The topological polar surface area (TPSA) is 61.5 Å². The summed E-state index contributed by atoms with van der Waals surface area (Å²) in [5.41, 5.74) is 6.36. The third-order valence-electron chi connectivity index (χ3n) is 2.95. The predicted molar refractivity (Wildman–Crippen MR) is 67.3 cm³/mol. The average molecular weight is 255 g/mol. The summed E-state index contributed by atoms with van der Waals surface area (Å²) in [7, 11) is 0. The smallest absolute Gasteiger partial charge is 0.348 e. The number of hydrogen-bond acceptors (Lipinski definition) is 5. The van der Waals surface area contributed by atoms with Crippen LogP contribution in [-0.4, -0.2) is 25.8 Å². The molecule has 94 valence electrons. The summed E-state index contributed by atoms with van der Waals surface area (Å²) in [6.07, 6.45) is 1.94. The second-order valence-electron chi connectivity index (χ2n) is 4.28. The van der Waals surface area contributed by atoms with E-state index in [1.807, 2.05) is 6.92 Å². The first kappa shape index (κ1) is 12.4. The van der Waals surface area contributed by atoms with E-state index in [9.17, 15) is 4.79 Å². The van der Waals surface area contributed by atoms with Gasteiger partial charge in [-0.15, -0.1) is 11.3 Å². The second kappa shape index (κ2) is 5.51. The zero-order valence-electron chi connectivity index (χ0n) is 9.90. The lowest BCUT2D eigenvalue weighted by atomic mass is 10.0. The number of nitrogen functional groups attached to an aromatic ring is 1. The van der Waals surface area contributed by atoms with Gasteiger partial charge in [-0.3, -0.25) is 0 Å². The van der Waals surface area contributed by atoms with Crippen LogP contribution in [0.15, 0.2) is 6.07 Å². The molecule has 1 fully saturated rings. The van der Waals surface area contributed by atoms with Gasteiger partial charge in [0.2, 0.25) is 0 Å². The van der Waals surface area contributed by atoms with Crippen LogP contribution in [0.5, 0.6) is 0 Å². The molecule has 0 saturated carbocycles. The molecule has 1 saturated heterocycles. The van der Waals surface area contributed by atoms with Crippen molar-refractivity contribution in [2.75, 3.05) is 25.6 Å². The van der Waals surface area contributed by atoms with Crippen molar-refractivity contribution < 1.29 is 14.3 Å². The van der Waals surface area contributed by atoms with Crippen molar-refractivity contribution in [3.63, 3.8) is 0 Å². The van der Waals surface area contributed by atoms with E-state index in [-0.39, 0.29) is 5.97 Å². The van der Waals surface area contributed by atoms with Crippen molar-refractivity contribution in [2.24, 2.45) is 5.92 Å². The average Bonchev–Trinajstić information content (AvgIpc) is 2.68. The number of anilines is 1. The van der Waals surface area contributed by atoms with Crippen LogP contribution < -0.4 is 5.73 Å². The van der Waals surface area contributed by atoms with Gasteiger partial charge >= 0.3 is 5.97 Å². The van der Waals surface area contributed by atoms with E-state index in [1.54, 1.807) is 6.07 Å². The largest absolute Gasteiger partial charge is 0.461 e. The van der Waals surface area contributed by atoms with Crippen LogP contribution in [0.4, 0.5) is 5.69 Å². The van der Waals surface area contributed by atoms with E-state index >= 15 is 0 Å². The highest BCUT2D eigenvalue weighted by Crippen LogP contribution is 2.24. The molecular formula is C12H17NO3S. The van der Waals surface area contributed by atoms with Crippen molar-refractivity contribution in [2.45, 2.75) is 19.8 Å². The lowest BCUT2D eigenvalue weighted by Crippen LogP contribution is -2.21. The number of thiophene rings is 1. The monoisotopic (exact) mass is 255 g/mol. The number of carbonyl (C=O) groups is 1. The fourth-order valence-electron chi connectivity index (χ4n) is 1.77. The first-order valence-electron chi connectivity index (χ1n) is 5.77. The van der Waals surface area contributed by atoms with Gasteiger partial charge in [0.05, 0.1) is 6.61 Å². The van der Waals surface area contributed by atoms with Crippen molar-refractivity contribution in [1.29, 1.82) is 0 Å². The summed E-state index contributed by atoms with van der Waals surface area (Å²) in [5, 5.41) is 0. The van der Waals surface area contributed by atoms with Crippen LogP contribution in [0.1, 0.15) is 27.4 Å². The van der Waals surface area contributed by atoms with Crippen LogP contribution in [0, 0.1) is 12.8 Å². The van der Waals surface area contributed by atoms with Gasteiger partial charge in [-0.05, 0) is 31.7 Å². The van der Waals surface area contributed by atoms with Gasteiger partial charge in [0.15, 0.2) is 0 Å². The highest BCUT2D eigenvalue weighted by atomic mass is 32.1. The number of ether oxygens (including phenoxy) is 2. The van der Waals surface area contributed by atoms with Gasteiger partial charge in [-0.25, -0.2) is 4.79 Å².